The molecule has 280 valence electrons. The molecule has 0 spiro atoms. The summed E-state index contributed by atoms with van der Waals surface area (Å²) in [5.74, 6) is -0.156. The Labute approximate surface area is 287 Å². The first-order valence-electron chi connectivity index (χ1n) is 19.7. The number of carbonyl (C=O) groups excluding carboxylic acids is 1. The Bertz CT molecular complexity index is 711. The lowest BCUT2D eigenvalue weighted by molar-refractivity contribution is -0.302. The van der Waals surface area contributed by atoms with Crippen molar-refractivity contribution in [3.63, 3.8) is 0 Å². The van der Waals surface area contributed by atoms with E-state index in [9.17, 15) is 30.3 Å². The van der Waals surface area contributed by atoms with E-state index in [2.05, 4.69) is 19.2 Å². The van der Waals surface area contributed by atoms with E-state index in [0.717, 1.165) is 51.4 Å². The third-order valence-corrected chi connectivity index (χ3v) is 9.71. The minimum Gasteiger partial charge on any atom is -0.394 e. The standard InChI is InChI=1S/C38H75NO8/c1-3-5-7-9-10-11-12-13-14-15-16-17-18-19-20-21-22-24-25-27-32(41)31(39-34(42)28-26-23-8-6-4-2)30-46-38-37(45)36(44)35(43)33(29-40)47-38/h31-33,35-38,40-41,43-45H,3-30H2,1-2H3,(H,39,42). The Morgan fingerprint density at radius 2 is 1.06 bits per heavy atom. The summed E-state index contributed by atoms with van der Waals surface area (Å²) in [4.78, 5) is 12.7. The molecule has 0 aromatic rings. The maximum atomic E-state index is 12.7. The Hall–Kier alpha value is -0.810. The Morgan fingerprint density at radius 1 is 0.638 bits per heavy atom. The van der Waals surface area contributed by atoms with Crippen LogP contribution in [0.1, 0.15) is 181 Å². The second-order valence-electron chi connectivity index (χ2n) is 14.1. The topological polar surface area (TPSA) is 149 Å². The highest BCUT2D eigenvalue weighted by Crippen LogP contribution is 2.23. The molecule has 1 aliphatic heterocycles. The van der Waals surface area contributed by atoms with Crippen molar-refractivity contribution in [2.45, 2.75) is 224 Å². The fourth-order valence-electron chi connectivity index (χ4n) is 6.45. The molecular formula is C38H75NO8. The minimum absolute atomic E-state index is 0.134. The van der Waals surface area contributed by atoms with Gasteiger partial charge >= 0.3 is 0 Å². The van der Waals surface area contributed by atoms with Crippen LogP contribution in [-0.2, 0) is 14.3 Å². The largest absolute Gasteiger partial charge is 0.394 e. The third kappa shape index (κ3) is 21.8. The number of hydrogen-bond donors (Lipinski definition) is 6. The van der Waals surface area contributed by atoms with E-state index < -0.39 is 49.5 Å². The molecule has 9 nitrogen and oxygen atoms in total. The molecule has 0 saturated carbocycles. The van der Waals surface area contributed by atoms with Crippen LogP contribution < -0.4 is 5.32 Å². The summed E-state index contributed by atoms with van der Waals surface area (Å²) < 4.78 is 11.1. The molecule has 0 radical (unpaired) electrons. The van der Waals surface area contributed by atoms with Crippen LogP contribution in [0, 0.1) is 0 Å². The molecule has 0 aliphatic carbocycles. The zero-order chi connectivity index (χ0) is 34.5. The molecular weight excluding hydrogens is 598 g/mol. The summed E-state index contributed by atoms with van der Waals surface area (Å²) in [6.45, 7) is 3.74. The molecule has 1 fully saturated rings. The monoisotopic (exact) mass is 674 g/mol. The van der Waals surface area contributed by atoms with Crippen molar-refractivity contribution in [3.05, 3.63) is 0 Å². The van der Waals surface area contributed by atoms with Gasteiger partial charge in [-0.15, -0.1) is 0 Å². The van der Waals surface area contributed by atoms with Crippen LogP contribution in [0.25, 0.3) is 0 Å². The van der Waals surface area contributed by atoms with Gasteiger partial charge in [0.05, 0.1) is 25.4 Å². The number of unbranched alkanes of at least 4 members (excludes halogenated alkanes) is 22. The number of amides is 1. The second kappa shape index (κ2) is 30.1. The van der Waals surface area contributed by atoms with E-state index in [4.69, 9.17) is 9.47 Å². The number of aliphatic hydroxyl groups is 5. The molecule has 1 aliphatic rings. The maximum absolute atomic E-state index is 12.7. The lowest BCUT2D eigenvalue weighted by atomic mass is 9.99. The minimum atomic E-state index is -1.54. The first kappa shape index (κ1) is 44.2. The van der Waals surface area contributed by atoms with Gasteiger partial charge in [0.25, 0.3) is 0 Å². The van der Waals surface area contributed by atoms with Crippen LogP contribution in [0.5, 0.6) is 0 Å². The average Bonchev–Trinajstić information content (AvgIpc) is 3.07. The summed E-state index contributed by atoms with van der Waals surface area (Å²) in [5, 5.41) is 53.8. The molecule has 0 bridgehead atoms. The number of rotatable bonds is 32. The van der Waals surface area contributed by atoms with Gasteiger partial charge in [0.2, 0.25) is 5.91 Å². The van der Waals surface area contributed by atoms with Crippen molar-refractivity contribution in [3.8, 4) is 0 Å². The maximum Gasteiger partial charge on any atom is 0.220 e. The first-order valence-corrected chi connectivity index (χ1v) is 19.7. The predicted molar refractivity (Wildman–Crippen MR) is 189 cm³/mol. The van der Waals surface area contributed by atoms with E-state index in [1.807, 2.05) is 0 Å². The van der Waals surface area contributed by atoms with Gasteiger partial charge in [0.1, 0.15) is 24.4 Å². The zero-order valence-corrected chi connectivity index (χ0v) is 30.3. The van der Waals surface area contributed by atoms with E-state index in [0.29, 0.717) is 12.8 Å². The fraction of sp³-hybridized carbons (Fsp3) is 0.974. The van der Waals surface area contributed by atoms with E-state index >= 15 is 0 Å². The Morgan fingerprint density at radius 3 is 1.51 bits per heavy atom. The lowest BCUT2D eigenvalue weighted by Crippen LogP contribution is -2.60. The van der Waals surface area contributed by atoms with Crippen LogP contribution in [0.3, 0.4) is 0 Å². The number of nitrogens with one attached hydrogen (secondary N) is 1. The number of aliphatic hydroxyl groups excluding tert-OH is 5. The third-order valence-electron chi connectivity index (χ3n) is 9.71. The smallest absolute Gasteiger partial charge is 0.220 e. The number of ether oxygens (including phenoxy) is 2. The molecule has 9 heteroatoms. The highest BCUT2D eigenvalue weighted by molar-refractivity contribution is 5.76. The molecule has 47 heavy (non-hydrogen) atoms. The Kier molecular flexibility index (Phi) is 28.3. The average molecular weight is 674 g/mol. The molecule has 7 atom stereocenters. The predicted octanol–water partition coefficient (Wildman–Crippen LogP) is 6.83. The highest BCUT2D eigenvalue weighted by Gasteiger charge is 2.44. The number of carbonyl (C=O) groups is 1. The summed E-state index contributed by atoms with van der Waals surface area (Å²) in [5.41, 5.74) is 0. The SMILES string of the molecule is CCCCCCCCCCCCCCCCCCCCCC(O)C(COC1OC(CO)C(O)C(O)C1O)NC(=O)CCCCCCC. The van der Waals surface area contributed by atoms with Gasteiger partial charge < -0.3 is 40.3 Å². The van der Waals surface area contributed by atoms with Gasteiger partial charge in [-0.3, -0.25) is 4.79 Å². The van der Waals surface area contributed by atoms with Crippen LogP contribution >= 0.6 is 0 Å². The lowest BCUT2D eigenvalue weighted by Gasteiger charge is -2.40. The summed E-state index contributed by atoms with van der Waals surface area (Å²) >= 11 is 0. The van der Waals surface area contributed by atoms with Crippen molar-refractivity contribution >= 4 is 5.91 Å². The van der Waals surface area contributed by atoms with Crippen LogP contribution in [-0.4, -0.2) is 87.5 Å². The van der Waals surface area contributed by atoms with Crippen molar-refractivity contribution in [2.24, 2.45) is 0 Å². The van der Waals surface area contributed by atoms with Crippen LogP contribution in [0.2, 0.25) is 0 Å². The summed E-state index contributed by atoms with van der Waals surface area (Å²) in [6.07, 6.45) is 23.0. The van der Waals surface area contributed by atoms with Gasteiger partial charge in [-0.05, 0) is 12.8 Å². The molecule has 0 aromatic heterocycles. The van der Waals surface area contributed by atoms with Crippen LogP contribution in [0.15, 0.2) is 0 Å². The van der Waals surface area contributed by atoms with Gasteiger partial charge in [0.15, 0.2) is 6.29 Å². The molecule has 6 N–H and O–H groups in total. The number of hydrogen-bond acceptors (Lipinski definition) is 8. The molecule has 0 aromatic carbocycles. The molecule has 1 amide bonds. The van der Waals surface area contributed by atoms with Crippen molar-refractivity contribution in [1.82, 2.24) is 5.32 Å². The zero-order valence-electron chi connectivity index (χ0n) is 30.3. The van der Waals surface area contributed by atoms with Crippen molar-refractivity contribution in [1.29, 1.82) is 0 Å². The first-order chi connectivity index (χ1) is 22.8. The van der Waals surface area contributed by atoms with Crippen molar-refractivity contribution in [2.75, 3.05) is 13.2 Å². The van der Waals surface area contributed by atoms with E-state index in [-0.39, 0.29) is 12.5 Å². The van der Waals surface area contributed by atoms with Gasteiger partial charge in [0, 0.05) is 6.42 Å². The summed E-state index contributed by atoms with van der Waals surface area (Å²) in [6, 6.07) is -0.707. The van der Waals surface area contributed by atoms with Gasteiger partial charge in [-0.1, -0.05) is 162 Å². The second-order valence-corrected chi connectivity index (χ2v) is 14.1. The fourth-order valence-corrected chi connectivity index (χ4v) is 6.45. The van der Waals surface area contributed by atoms with E-state index in [1.165, 1.54) is 103 Å². The molecule has 1 rings (SSSR count). The van der Waals surface area contributed by atoms with Gasteiger partial charge in [-0.25, -0.2) is 0 Å². The molecule has 7 unspecified atom stereocenters. The molecule has 1 saturated heterocycles. The summed E-state index contributed by atoms with van der Waals surface area (Å²) in [7, 11) is 0. The van der Waals surface area contributed by atoms with E-state index in [1.54, 1.807) is 0 Å². The highest BCUT2D eigenvalue weighted by atomic mass is 16.7. The van der Waals surface area contributed by atoms with Crippen LogP contribution in [0.4, 0.5) is 0 Å². The molecule has 1 heterocycles. The van der Waals surface area contributed by atoms with Gasteiger partial charge in [-0.2, -0.15) is 0 Å². The van der Waals surface area contributed by atoms with Crippen molar-refractivity contribution < 1.29 is 39.8 Å². The Balaban J connectivity index is 2.26. The normalized spacial score (nSPS) is 22.7. The quantitative estimate of drug-likeness (QED) is 0.0426.